The molecule has 0 unspecified atom stereocenters. The molecule has 1 N–H and O–H groups in total. The van der Waals surface area contributed by atoms with E-state index in [2.05, 4.69) is 36.6 Å². The first-order chi connectivity index (χ1) is 6.07. The third-order valence-corrected chi connectivity index (χ3v) is 1.88. The Morgan fingerprint density at radius 1 is 1.38 bits per heavy atom. The highest BCUT2D eigenvalue weighted by Gasteiger charge is 2.28. The molecule has 5 heteroatoms. The highest BCUT2D eigenvalue weighted by atomic mass is 15.9. The largest absolute Gasteiger partial charge is 0.289 e. The molecule has 0 saturated carbocycles. The Labute approximate surface area is 77.3 Å². The second kappa shape index (κ2) is 2.56. The van der Waals surface area contributed by atoms with Crippen LogP contribution in [0.3, 0.4) is 0 Å². The van der Waals surface area contributed by atoms with Crippen LogP contribution >= 0.6 is 0 Å². The lowest BCUT2D eigenvalue weighted by atomic mass is 10.1. The van der Waals surface area contributed by atoms with Crippen LogP contribution in [0.15, 0.2) is 34.5 Å². The molecule has 2 heterocycles. The standard InChI is InChI=1S/C8H13N5/c1-8(2,3)12-6-7-4-5-9-10-13(7)11-12/h4-6,11H,1-3H3. The molecule has 2 aliphatic rings. The van der Waals surface area contributed by atoms with E-state index in [9.17, 15) is 0 Å². The van der Waals surface area contributed by atoms with Gasteiger partial charge in [-0.3, -0.25) is 5.01 Å². The Balaban J connectivity index is 2.21. The van der Waals surface area contributed by atoms with E-state index in [0.717, 1.165) is 5.70 Å². The summed E-state index contributed by atoms with van der Waals surface area (Å²) in [5.74, 6) is 0. The average molecular weight is 179 g/mol. The molecule has 13 heavy (non-hydrogen) atoms. The zero-order valence-corrected chi connectivity index (χ0v) is 8.02. The third kappa shape index (κ3) is 1.42. The van der Waals surface area contributed by atoms with Crippen LogP contribution in [0.2, 0.25) is 0 Å². The highest BCUT2D eigenvalue weighted by Crippen LogP contribution is 2.22. The summed E-state index contributed by atoms with van der Waals surface area (Å²) in [6.07, 6.45) is 5.59. The van der Waals surface area contributed by atoms with Crippen molar-refractivity contribution in [1.29, 1.82) is 0 Å². The van der Waals surface area contributed by atoms with Crippen LogP contribution < -0.4 is 5.53 Å². The highest BCUT2D eigenvalue weighted by molar-refractivity contribution is 5.19. The number of nitrogens with zero attached hydrogens (tertiary/aromatic N) is 4. The van der Waals surface area contributed by atoms with E-state index in [1.54, 1.807) is 11.3 Å². The van der Waals surface area contributed by atoms with Crippen molar-refractivity contribution in [3.05, 3.63) is 24.2 Å². The van der Waals surface area contributed by atoms with Crippen LogP contribution in [0.1, 0.15) is 20.8 Å². The maximum Gasteiger partial charge on any atom is 0.101 e. The smallest absolute Gasteiger partial charge is 0.101 e. The second-order valence-corrected chi connectivity index (χ2v) is 4.03. The van der Waals surface area contributed by atoms with Gasteiger partial charge in [0.15, 0.2) is 0 Å². The minimum absolute atomic E-state index is 0.0354. The number of hydrogen-bond donors (Lipinski definition) is 1. The summed E-state index contributed by atoms with van der Waals surface area (Å²) >= 11 is 0. The molecule has 0 aromatic carbocycles. The number of hydrazine groups is 2. The second-order valence-electron chi connectivity index (χ2n) is 4.03. The molecule has 0 spiro atoms. The zero-order chi connectivity index (χ0) is 9.47. The molecule has 2 rings (SSSR count). The van der Waals surface area contributed by atoms with E-state index in [-0.39, 0.29) is 5.54 Å². The molecule has 70 valence electrons. The fraction of sp³-hybridized carbons (Fsp3) is 0.500. The predicted octanol–water partition coefficient (Wildman–Crippen LogP) is 1.56. The quantitative estimate of drug-likeness (QED) is 0.613. The summed E-state index contributed by atoms with van der Waals surface area (Å²) < 4.78 is 0. The van der Waals surface area contributed by atoms with Gasteiger partial charge in [0.1, 0.15) is 5.70 Å². The van der Waals surface area contributed by atoms with Gasteiger partial charge in [0.25, 0.3) is 0 Å². The number of rotatable bonds is 0. The van der Waals surface area contributed by atoms with Gasteiger partial charge in [0.2, 0.25) is 0 Å². The van der Waals surface area contributed by atoms with Gasteiger partial charge in [-0.05, 0) is 32.1 Å². The maximum atomic E-state index is 3.91. The molecule has 0 aromatic rings. The summed E-state index contributed by atoms with van der Waals surface area (Å²) in [5, 5.41) is 11.3. The van der Waals surface area contributed by atoms with Gasteiger partial charge in [-0.2, -0.15) is 5.12 Å². The van der Waals surface area contributed by atoms with Crippen molar-refractivity contribution in [3.8, 4) is 0 Å². The Bertz CT molecular complexity index is 296. The van der Waals surface area contributed by atoms with Gasteiger partial charge in [0, 0.05) is 11.7 Å². The molecule has 0 radical (unpaired) electrons. The monoisotopic (exact) mass is 179 g/mol. The fourth-order valence-corrected chi connectivity index (χ4v) is 1.10. The van der Waals surface area contributed by atoms with Gasteiger partial charge < -0.3 is 0 Å². The van der Waals surface area contributed by atoms with Crippen molar-refractivity contribution >= 4 is 0 Å². The number of allylic oxidation sites excluding steroid dienone is 1. The Kier molecular flexibility index (Phi) is 1.63. The van der Waals surface area contributed by atoms with Gasteiger partial charge >= 0.3 is 0 Å². The minimum Gasteiger partial charge on any atom is -0.289 e. The molecular weight excluding hydrogens is 166 g/mol. The first-order valence-corrected chi connectivity index (χ1v) is 4.22. The number of fused-ring (bicyclic) bond motifs is 1. The van der Waals surface area contributed by atoms with E-state index in [1.807, 2.05) is 17.3 Å². The molecule has 0 aliphatic carbocycles. The van der Waals surface area contributed by atoms with E-state index in [1.165, 1.54) is 0 Å². The maximum absolute atomic E-state index is 3.91. The Morgan fingerprint density at radius 2 is 2.15 bits per heavy atom. The third-order valence-electron chi connectivity index (χ3n) is 1.88. The van der Waals surface area contributed by atoms with E-state index in [0.29, 0.717) is 0 Å². The summed E-state index contributed by atoms with van der Waals surface area (Å²) in [6.45, 7) is 6.36. The lowest BCUT2D eigenvalue weighted by Crippen LogP contribution is -2.47. The Morgan fingerprint density at radius 3 is 2.77 bits per heavy atom. The molecular formula is C8H13N5. The van der Waals surface area contributed by atoms with E-state index >= 15 is 0 Å². The predicted molar refractivity (Wildman–Crippen MR) is 48.6 cm³/mol. The van der Waals surface area contributed by atoms with Crippen molar-refractivity contribution in [2.24, 2.45) is 10.3 Å². The summed E-state index contributed by atoms with van der Waals surface area (Å²) in [5.41, 5.74) is 4.14. The SMILES string of the molecule is CC(C)(C)N1C=C2C=CN=NN2N1. The molecule has 0 atom stereocenters. The zero-order valence-electron chi connectivity index (χ0n) is 8.02. The first kappa shape index (κ1) is 8.25. The van der Waals surface area contributed by atoms with Crippen molar-refractivity contribution < 1.29 is 0 Å². The lowest BCUT2D eigenvalue weighted by molar-refractivity contribution is 0.0550. The van der Waals surface area contributed by atoms with Crippen LogP contribution in [0.5, 0.6) is 0 Å². The summed E-state index contributed by atoms with van der Waals surface area (Å²) in [4.78, 5) is 0. The molecule has 0 saturated heterocycles. The molecule has 2 aliphatic heterocycles. The van der Waals surface area contributed by atoms with Crippen LogP contribution in [-0.4, -0.2) is 15.7 Å². The van der Waals surface area contributed by atoms with E-state index < -0.39 is 0 Å². The molecule has 0 bridgehead atoms. The number of hydrogen-bond acceptors (Lipinski definition) is 5. The molecule has 0 aromatic heterocycles. The van der Waals surface area contributed by atoms with E-state index in [4.69, 9.17) is 0 Å². The minimum atomic E-state index is 0.0354. The van der Waals surface area contributed by atoms with Gasteiger partial charge in [-0.1, -0.05) is 0 Å². The van der Waals surface area contributed by atoms with Crippen molar-refractivity contribution in [2.45, 2.75) is 26.3 Å². The Hall–Kier alpha value is -1.36. The lowest BCUT2D eigenvalue weighted by Gasteiger charge is -2.31. The van der Waals surface area contributed by atoms with Crippen LogP contribution in [-0.2, 0) is 0 Å². The van der Waals surface area contributed by atoms with Gasteiger partial charge in [-0.15, -0.1) is 10.6 Å². The van der Waals surface area contributed by atoms with Crippen molar-refractivity contribution in [3.63, 3.8) is 0 Å². The normalized spacial score (nSPS) is 20.7. The fourth-order valence-electron chi connectivity index (χ4n) is 1.10. The topological polar surface area (TPSA) is 43.2 Å². The van der Waals surface area contributed by atoms with Gasteiger partial charge in [0.05, 0.1) is 6.20 Å². The summed E-state index contributed by atoms with van der Waals surface area (Å²) in [7, 11) is 0. The summed E-state index contributed by atoms with van der Waals surface area (Å²) in [6, 6.07) is 0. The van der Waals surface area contributed by atoms with Crippen molar-refractivity contribution in [1.82, 2.24) is 15.7 Å². The van der Waals surface area contributed by atoms with Crippen LogP contribution in [0.4, 0.5) is 0 Å². The molecule has 5 nitrogen and oxygen atoms in total. The molecule has 0 amide bonds. The van der Waals surface area contributed by atoms with Crippen LogP contribution in [0.25, 0.3) is 0 Å². The van der Waals surface area contributed by atoms with Gasteiger partial charge in [-0.25, -0.2) is 0 Å². The molecule has 0 fully saturated rings. The average Bonchev–Trinajstić information content (AvgIpc) is 2.45. The van der Waals surface area contributed by atoms with Crippen LogP contribution in [0, 0.1) is 0 Å². The number of nitrogens with one attached hydrogen (secondary N) is 1. The van der Waals surface area contributed by atoms with Crippen molar-refractivity contribution in [2.75, 3.05) is 0 Å². The first-order valence-electron chi connectivity index (χ1n) is 4.22.